The lowest BCUT2D eigenvalue weighted by atomic mass is 10.4. The molecule has 1 saturated heterocycles. The number of halogens is 1. The van der Waals surface area contributed by atoms with Crippen molar-refractivity contribution in [2.24, 2.45) is 4.99 Å². The molecule has 0 unspecified atom stereocenters. The van der Waals surface area contributed by atoms with E-state index >= 15 is 0 Å². The number of rotatable bonds is 3. The molecule has 4 heteroatoms. The fraction of sp³-hybridized carbons (Fsp3) is 0.875. The third-order valence-corrected chi connectivity index (χ3v) is 1.68. The molecular formula is C8H14ClNO2. The second-order valence-electron chi connectivity index (χ2n) is 3.11. The molecule has 1 aliphatic rings. The smallest absolute Gasteiger partial charge is 0.163 e. The van der Waals surface area contributed by atoms with Crippen LogP contribution in [0.4, 0.5) is 0 Å². The molecule has 0 N–H and O–H groups in total. The van der Waals surface area contributed by atoms with Crippen molar-refractivity contribution in [2.45, 2.75) is 25.7 Å². The quantitative estimate of drug-likeness (QED) is 0.500. The highest BCUT2D eigenvalue weighted by Crippen LogP contribution is 2.20. The lowest BCUT2D eigenvalue weighted by Crippen LogP contribution is -2.22. The van der Waals surface area contributed by atoms with E-state index in [0.717, 1.165) is 0 Å². The van der Waals surface area contributed by atoms with Crippen molar-refractivity contribution in [2.75, 3.05) is 19.0 Å². The summed E-state index contributed by atoms with van der Waals surface area (Å²) in [6.07, 6.45) is 1.75. The maximum absolute atomic E-state index is 5.48. The molecule has 12 heavy (non-hydrogen) atoms. The summed E-state index contributed by atoms with van der Waals surface area (Å²) in [4.78, 5) is 4.08. The van der Waals surface area contributed by atoms with Crippen molar-refractivity contribution in [1.82, 2.24) is 0 Å². The molecule has 0 spiro atoms. The van der Waals surface area contributed by atoms with Gasteiger partial charge in [-0.1, -0.05) is 0 Å². The van der Waals surface area contributed by atoms with Crippen LogP contribution < -0.4 is 0 Å². The normalized spacial score (nSPS) is 28.4. The van der Waals surface area contributed by atoms with Crippen LogP contribution in [0.25, 0.3) is 0 Å². The van der Waals surface area contributed by atoms with Crippen LogP contribution in [-0.2, 0) is 9.47 Å². The minimum Gasteiger partial charge on any atom is -0.347 e. The van der Waals surface area contributed by atoms with Crippen LogP contribution in [-0.4, -0.2) is 37.1 Å². The lowest BCUT2D eigenvalue weighted by molar-refractivity contribution is -0.130. The van der Waals surface area contributed by atoms with Crippen LogP contribution in [0.15, 0.2) is 4.99 Å². The number of hydrogen-bond donors (Lipinski definition) is 0. The van der Waals surface area contributed by atoms with Gasteiger partial charge in [0.25, 0.3) is 0 Å². The van der Waals surface area contributed by atoms with E-state index in [2.05, 4.69) is 4.99 Å². The van der Waals surface area contributed by atoms with Crippen molar-refractivity contribution >= 4 is 17.8 Å². The lowest BCUT2D eigenvalue weighted by Gasteiger charge is -2.15. The Morgan fingerprint density at radius 2 is 2.42 bits per heavy atom. The summed E-state index contributed by atoms with van der Waals surface area (Å²) in [5.74, 6) is 0.0884. The van der Waals surface area contributed by atoms with E-state index in [0.29, 0.717) is 19.0 Å². The molecule has 0 aromatic rings. The Labute approximate surface area is 77.7 Å². The second-order valence-corrected chi connectivity index (χ2v) is 3.49. The van der Waals surface area contributed by atoms with Crippen molar-refractivity contribution in [3.05, 3.63) is 0 Å². The summed E-state index contributed by atoms with van der Waals surface area (Å²) in [7, 11) is 0. The summed E-state index contributed by atoms with van der Waals surface area (Å²) in [6.45, 7) is 5.01. The number of nitrogens with zero attached hydrogens (tertiary/aromatic N) is 1. The molecule has 1 aliphatic heterocycles. The van der Waals surface area contributed by atoms with E-state index < -0.39 is 5.79 Å². The van der Waals surface area contributed by atoms with Gasteiger partial charge in [-0.2, -0.15) is 0 Å². The summed E-state index contributed by atoms with van der Waals surface area (Å²) < 4.78 is 10.8. The summed E-state index contributed by atoms with van der Waals surface area (Å²) >= 11 is 5.46. The van der Waals surface area contributed by atoms with Gasteiger partial charge < -0.3 is 9.47 Å². The predicted molar refractivity (Wildman–Crippen MR) is 49.0 cm³/mol. The fourth-order valence-electron chi connectivity index (χ4n) is 1.03. The zero-order valence-electron chi connectivity index (χ0n) is 7.42. The summed E-state index contributed by atoms with van der Waals surface area (Å²) in [5.41, 5.74) is 0. The molecule has 0 aromatic carbocycles. The van der Waals surface area contributed by atoms with Crippen LogP contribution in [0.1, 0.15) is 13.8 Å². The zero-order chi connectivity index (χ0) is 9.03. The number of alkyl halides is 1. The first-order valence-corrected chi connectivity index (χ1v) is 4.55. The number of hydrogen-bond acceptors (Lipinski definition) is 3. The third kappa shape index (κ3) is 3.09. The van der Waals surface area contributed by atoms with E-state index in [-0.39, 0.29) is 6.10 Å². The number of ether oxygens (including phenoxy) is 2. The summed E-state index contributed by atoms with van der Waals surface area (Å²) in [5, 5.41) is 0. The van der Waals surface area contributed by atoms with Crippen molar-refractivity contribution in [3.63, 3.8) is 0 Å². The Morgan fingerprint density at radius 1 is 1.67 bits per heavy atom. The monoisotopic (exact) mass is 191 g/mol. The molecule has 1 fully saturated rings. The van der Waals surface area contributed by atoms with Crippen LogP contribution in [0.3, 0.4) is 0 Å². The van der Waals surface area contributed by atoms with E-state index in [1.54, 1.807) is 6.21 Å². The van der Waals surface area contributed by atoms with Crippen LogP contribution in [0, 0.1) is 0 Å². The molecule has 1 rings (SSSR count). The second kappa shape index (κ2) is 4.21. The topological polar surface area (TPSA) is 30.8 Å². The van der Waals surface area contributed by atoms with Gasteiger partial charge in [0.1, 0.15) is 6.10 Å². The first kappa shape index (κ1) is 9.96. The Morgan fingerprint density at radius 3 is 2.92 bits per heavy atom. The van der Waals surface area contributed by atoms with Crippen LogP contribution in [0.5, 0.6) is 0 Å². The van der Waals surface area contributed by atoms with Gasteiger partial charge in [0.05, 0.1) is 13.2 Å². The average molecular weight is 192 g/mol. The van der Waals surface area contributed by atoms with E-state index in [1.807, 2.05) is 13.8 Å². The van der Waals surface area contributed by atoms with Crippen molar-refractivity contribution in [3.8, 4) is 0 Å². The average Bonchev–Trinajstić information content (AvgIpc) is 2.31. The largest absolute Gasteiger partial charge is 0.347 e. The maximum Gasteiger partial charge on any atom is 0.163 e. The predicted octanol–water partition coefficient (Wildman–Crippen LogP) is 1.45. The maximum atomic E-state index is 5.48. The van der Waals surface area contributed by atoms with Crippen LogP contribution >= 0.6 is 11.6 Å². The Hall–Kier alpha value is -0.120. The van der Waals surface area contributed by atoms with Gasteiger partial charge in [-0.05, 0) is 13.8 Å². The standard InChI is InChI=1S/C8H14ClNO2/c1-8(2)11-6-7(12-8)5-10-4-3-9/h5,7H,3-4,6H2,1-2H3/t7-/m0/s1. The highest BCUT2D eigenvalue weighted by atomic mass is 35.5. The van der Waals surface area contributed by atoms with E-state index in [4.69, 9.17) is 21.1 Å². The molecule has 0 radical (unpaired) electrons. The van der Waals surface area contributed by atoms with Crippen LogP contribution in [0.2, 0.25) is 0 Å². The van der Waals surface area contributed by atoms with Gasteiger partial charge in [0.2, 0.25) is 0 Å². The van der Waals surface area contributed by atoms with E-state index in [9.17, 15) is 0 Å². The Balaban J connectivity index is 2.28. The fourth-order valence-corrected chi connectivity index (χ4v) is 1.13. The number of aliphatic imine (C=N–C) groups is 1. The Kier molecular flexibility index (Phi) is 3.50. The Bertz CT molecular complexity index is 170. The highest BCUT2D eigenvalue weighted by Gasteiger charge is 2.31. The molecule has 0 aliphatic carbocycles. The highest BCUT2D eigenvalue weighted by molar-refractivity contribution is 6.18. The molecule has 0 amide bonds. The first-order valence-electron chi connectivity index (χ1n) is 4.02. The molecule has 0 aromatic heterocycles. The zero-order valence-corrected chi connectivity index (χ0v) is 8.17. The van der Waals surface area contributed by atoms with Gasteiger partial charge in [-0.25, -0.2) is 0 Å². The van der Waals surface area contributed by atoms with Gasteiger partial charge in [-0.3, -0.25) is 4.99 Å². The minimum atomic E-state index is -0.461. The van der Waals surface area contributed by atoms with Gasteiger partial charge in [0.15, 0.2) is 5.79 Å². The van der Waals surface area contributed by atoms with Gasteiger partial charge >= 0.3 is 0 Å². The first-order chi connectivity index (χ1) is 5.64. The van der Waals surface area contributed by atoms with Gasteiger partial charge in [-0.15, -0.1) is 11.6 Å². The molecule has 0 bridgehead atoms. The summed E-state index contributed by atoms with van der Waals surface area (Å²) in [6, 6.07) is 0. The van der Waals surface area contributed by atoms with E-state index in [1.165, 1.54) is 0 Å². The van der Waals surface area contributed by atoms with Gasteiger partial charge in [0, 0.05) is 12.1 Å². The van der Waals surface area contributed by atoms with Crippen molar-refractivity contribution < 1.29 is 9.47 Å². The minimum absolute atomic E-state index is 0.0109. The molecule has 0 saturated carbocycles. The molecule has 70 valence electrons. The molecular weight excluding hydrogens is 178 g/mol. The molecule has 1 atom stereocenters. The molecule has 1 heterocycles. The SMILES string of the molecule is CC1(C)OC[C@H](C=NCCCl)O1. The molecule has 3 nitrogen and oxygen atoms in total. The van der Waals surface area contributed by atoms with Crippen molar-refractivity contribution in [1.29, 1.82) is 0 Å². The third-order valence-electron chi connectivity index (χ3n) is 1.52.